The molecule has 15 aromatic carbocycles. The van der Waals surface area contributed by atoms with Crippen LogP contribution in [-0.4, -0.2) is 22.3 Å². The van der Waals surface area contributed by atoms with E-state index in [0.717, 1.165) is 91.5 Å². The Bertz CT molecular complexity index is 5210. The molecule has 1 aliphatic heterocycles. The molecule has 98 heavy (non-hydrogen) atoms. The summed E-state index contributed by atoms with van der Waals surface area (Å²) in [4.78, 5) is 0. The highest BCUT2D eigenvalue weighted by Gasteiger charge is 2.19. The van der Waals surface area contributed by atoms with E-state index in [1.807, 2.05) is 176 Å². The van der Waals surface area contributed by atoms with Crippen molar-refractivity contribution in [3.05, 3.63) is 344 Å². The summed E-state index contributed by atoms with van der Waals surface area (Å²) in [6, 6.07) is 102. The SMILES string of the molecule is Brc1cccc2cccc(Br)c12.Clc1ccccc1Oc1cccc2cccc(Br)c12.Nc1ccccc1-c1cccc2cccc(Oc3ccccc3Cl)c12.Nc1ccccc1B(O)O.Oc1ccccc1Cl.c1ccc2c(c1)Nc1ccccc1-c1cccc3cccc(c13)O2. The maximum Gasteiger partial charge on any atom is 0.490 e. The van der Waals surface area contributed by atoms with Crippen molar-refractivity contribution < 1.29 is 29.4 Å². The molecule has 1 aliphatic rings. The van der Waals surface area contributed by atoms with Crippen LogP contribution in [0.25, 0.3) is 65.3 Å². The molecule has 16 rings (SSSR count). The summed E-state index contributed by atoms with van der Waals surface area (Å²) >= 11 is 28.5. The number of nitrogens with one attached hydrogen (secondary N) is 1. The van der Waals surface area contributed by atoms with Crippen LogP contribution in [0.3, 0.4) is 0 Å². The minimum Gasteiger partial charge on any atom is -0.506 e. The number of phenols is 1. The third-order valence-corrected chi connectivity index (χ3v) is 18.4. The zero-order chi connectivity index (χ0) is 68.5. The van der Waals surface area contributed by atoms with Crippen LogP contribution in [0, 0.1) is 0 Å². The molecule has 1 heterocycles. The molecule has 0 atom stereocenters. The van der Waals surface area contributed by atoms with Crippen molar-refractivity contribution in [2.45, 2.75) is 0 Å². The first kappa shape index (κ1) is 69.6. The number of rotatable bonds is 6. The number of phenolic OH excluding ortho intramolecular Hbond substituents is 1. The fourth-order valence-corrected chi connectivity index (χ4v) is 13.3. The van der Waals surface area contributed by atoms with Crippen LogP contribution in [0.5, 0.6) is 40.2 Å². The quantitative estimate of drug-likeness (QED) is 0.0706. The van der Waals surface area contributed by atoms with E-state index in [0.29, 0.717) is 37.7 Å². The predicted molar refractivity (Wildman–Crippen MR) is 421 cm³/mol. The van der Waals surface area contributed by atoms with Crippen molar-refractivity contribution >= 4 is 161 Å². The minimum atomic E-state index is -1.47. The molecular formula is C82H60BBr3Cl3N3O6. The lowest BCUT2D eigenvalue weighted by atomic mass is 9.79. The van der Waals surface area contributed by atoms with Crippen LogP contribution < -0.4 is 36.5 Å². The van der Waals surface area contributed by atoms with E-state index in [1.54, 1.807) is 48.5 Å². The zero-order valence-corrected chi connectivity index (χ0v) is 59.1. The maximum atomic E-state index is 8.79. The molecule has 15 aromatic rings. The number of hydrogen-bond donors (Lipinski definition) is 6. The van der Waals surface area contributed by atoms with Crippen LogP contribution in [0.15, 0.2) is 329 Å². The predicted octanol–water partition coefficient (Wildman–Crippen LogP) is 24.3. The van der Waals surface area contributed by atoms with Gasteiger partial charge in [0, 0.05) is 68.6 Å². The largest absolute Gasteiger partial charge is 0.506 e. The number of nitrogen functional groups attached to an aromatic ring is 2. The number of hydrogen-bond acceptors (Lipinski definition) is 9. The van der Waals surface area contributed by atoms with Gasteiger partial charge in [-0.1, -0.05) is 295 Å². The fourth-order valence-electron chi connectivity index (χ4n) is 10.8. The molecule has 16 heteroatoms. The number of nitrogens with two attached hydrogens (primary N) is 2. The van der Waals surface area contributed by atoms with Gasteiger partial charge >= 0.3 is 7.12 Å². The Morgan fingerprint density at radius 2 is 0.704 bits per heavy atom. The molecule has 0 bridgehead atoms. The molecule has 0 aliphatic carbocycles. The maximum absolute atomic E-state index is 8.79. The Kier molecular flexibility index (Phi) is 23.8. The van der Waals surface area contributed by atoms with Gasteiger partial charge in [0.1, 0.15) is 34.5 Å². The average Bonchev–Trinajstić information content (AvgIpc) is 1.41. The lowest BCUT2D eigenvalue weighted by Gasteiger charge is -2.14. The van der Waals surface area contributed by atoms with Gasteiger partial charge in [0.2, 0.25) is 0 Å². The molecule has 484 valence electrons. The second-order valence-corrected chi connectivity index (χ2v) is 25.7. The molecule has 0 fully saturated rings. The van der Waals surface area contributed by atoms with Crippen LogP contribution in [0.2, 0.25) is 15.1 Å². The van der Waals surface area contributed by atoms with E-state index in [-0.39, 0.29) is 5.75 Å². The van der Waals surface area contributed by atoms with Gasteiger partial charge in [-0.15, -0.1) is 0 Å². The monoisotopic (exact) mass is 1540 g/mol. The third-order valence-electron chi connectivity index (χ3n) is 15.4. The van der Waals surface area contributed by atoms with Gasteiger partial charge in [0.15, 0.2) is 5.75 Å². The Labute approximate surface area is 608 Å². The number of aromatic hydroxyl groups is 1. The molecule has 0 amide bonds. The number of benzene rings is 15. The van der Waals surface area contributed by atoms with Gasteiger partial charge in [-0.3, -0.25) is 0 Å². The Morgan fingerprint density at radius 1 is 0.327 bits per heavy atom. The highest BCUT2D eigenvalue weighted by Crippen LogP contribution is 2.46. The van der Waals surface area contributed by atoms with Crippen LogP contribution in [-0.2, 0) is 0 Å². The summed E-state index contributed by atoms with van der Waals surface area (Å²) in [6.45, 7) is 0. The van der Waals surface area contributed by atoms with Crippen molar-refractivity contribution in [3.63, 3.8) is 0 Å². The second-order valence-electron chi connectivity index (χ2n) is 21.9. The number of ether oxygens (including phenoxy) is 3. The van der Waals surface area contributed by atoms with Crippen molar-refractivity contribution in [1.82, 2.24) is 0 Å². The Hall–Kier alpha value is -9.77. The number of fused-ring (bicyclic) bond motifs is 6. The second kappa shape index (κ2) is 33.5. The Morgan fingerprint density at radius 3 is 1.22 bits per heavy atom. The lowest BCUT2D eigenvalue weighted by molar-refractivity contribution is 0.426. The van der Waals surface area contributed by atoms with E-state index in [4.69, 9.17) is 75.6 Å². The first-order valence-corrected chi connectivity index (χ1v) is 34.2. The van der Waals surface area contributed by atoms with Crippen molar-refractivity contribution in [3.8, 4) is 62.5 Å². The summed E-state index contributed by atoms with van der Waals surface area (Å²) in [7, 11) is -1.47. The molecule has 0 radical (unpaired) electrons. The summed E-state index contributed by atoms with van der Waals surface area (Å²) in [5.41, 5.74) is 19.5. The van der Waals surface area contributed by atoms with Gasteiger partial charge in [-0.2, -0.15) is 0 Å². The Balaban J connectivity index is 0.000000124. The summed E-state index contributed by atoms with van der Waals surface area (Å²) in [5.74, 6) is 4.68. The molecule has 0 unspecified atom stereocenters. The average molecular weight is 1540 g/mol. The van der Waals surface area contributed by atoms with Gasteiger partial charge < -0.3 is 46.1 Å². The van der Waals surface area contributed by atoms with E-state index >= 15 is 0 Å². The highest BCUT2D eigenvalue weighted by atomic mass is 79.9. The van der Waals surface area contributed by atoms with E-state index in [1.165, 1.54) is 27.3 Å². The number of para-hydroxylation sites is 8. The molecule has 0 saturated carbocycles. The number of halogens is 6. The normalized spacial score (nSPS) is 10.7. The van der Waals surface area contributed by atoms with Crippen molar-refractivity contribution in [1.29, 1.82) is 0 Å². The zero-order valence-electron chi connectivity index (χ0n) is 52.1. The molecule has 9 nitrogen and oxygen atoms in total. The third kappa shape index (κ3) is 17.1. The topological polar surface area (TPSA) is 152 Å². The van der Waals surface area contributed by atoms with Gasteiger partial charge in [0.25, 0.3) is 0 Å². The molecule has 0 saturated heterocycles. The fraction of sp³-hybridized carbons (Fsp3) is 0. The summed E-state index contributed by atoms with van der Waals surface area (Å²) in [5, 5.41) is 40.3. The van der Waals surface area contributed by atoms with Crippen LogP contribution in [0.4, 0.5) is 22.7 Å². The first-order valence-electron chi connectivity index (χ1n) is 30.7. The van der Waals surface area contributed by atoms with Crippen LogP contribution in [0.1, 0.15) is 0 Å². The molecule has 0 aromatic heterocycles. The van der Waals surface area contributed by atoms with E-state index in [9.17, 15) is 0 Å². The highest BCUT2D eigenvalue weighted by molar-refractivity contribution is 9.11. The minimum absolute atomic E-state index is 0.133. The summed E-state index contributed by atoms with van der Waals surface area (Å²) < 4.78 is 21.7. The first-order chi connectivity index (χ1) is 47.7. The molecule has 8 N–H and O–H groups in total. The van der Waals surface area contributed by atoms with E-state index < -0.39 is 7.12 Å². The molecular weight excluding hydrogens is 1480 g/mol. The smallest absolute Gasteiger partial charge is 0.490 e. The molecule has 0 spiro atoms. The van der Waals surface area contributed by atoms with Gasteiger partial charge in [-0.05, 0) is 136 Å². The van der Waals surface area contributed by atoms with Crippen LogP contribution >= 0.6 is 82.6 Å². The lowest BCUT2D eigenvalue weighted by Crippen LogP contribution is -2.31. The summed E-state index contributed by atoms with van der Waals surface area (Å²) in [6.07, 6.45) is 0. The van der Waals surface area contributed by atoms with E-state index in [2.05, 4.69) is 144 Å². The van der Waals surface area contributed by atoms with Gasteiger partial charge in [0.05, 0.1) is 20.8 Å². The van der Waals surface area contributed by atoms with Gasteiger partial charge in [-0.25, -0.2) is 0 Å². The van der Waals surface area contributed by atoms with Crippen molar-refractivity contribution in [2.24, 2.45) is 0 Å². The standard InChI is InChI=1S/C22H16ClNO.C22H15NO.C16H10BrClO.C10H6Br2.C6H8BNO2.C6H5ClO/c23-18-11-2-4-13-20(18)25-21-14-6-8-15-7-5-10-17(22(15)21)16-9-1-3-12-19(16)24;1-2-11-18-16(9-1)17-10-5-7-15-8-6-14-21(22(15)17)24-20-13-4-3-12-19(20)23-18;17-12-7-3-5-11-6-4-10-15(16(11)12)19-14-9-2-1-8-13(14)18;11-8-5-1-3-7-4-2-6-9(12)10(7)8;8-6-4-2-1-3-5(6)7(9)10;7-5-3-1-2-4-6(5)8/h1-14H,24H2;1-14,23H;1-10H;1-6H;1-4,9-10H,8H2;1-4,8H. The van der Waals surface area contributed by atoms with Crippen molar-refractivity contribution in [2.75, 3.05) is 16.8 Å². The number of anilines is 4.